The van der Waals surface area contributed by atoms with Crippen LogP contribution in [0.4, 0.5) is 5.69 Å². The first-order chi connectivity index (χ1) is 12.5. The number of aryl methyl sites for hydroxylation is 2. The Hall–Kier alpha value is -3.48. The number of anilines is 1. The molecule has 132 valence electrons. The summed E-state index contributed by atoms with van der Waals surface area (Å²) in [4.78, 5) is 28.7. The zero-order chi connectivity index (χ0) is 18.5. The van der Waals surface area contributed by atoms with Gasteiger partial charge in [-0.3, -0.25) is 9.59 Å². The molecule has 0 atom stereocenters. The predicted molar refractivity (Wildman–Crippen MR) is 98.2 cm³/mol. The van der Waals surface area contributed by atoms with E-state index in [4.69, 9.17) is 0 Å². The molecule has 0 aliphatic heterocycles. The number of rotatable bonds is 5. The summed E-state index contributed by atoms with van der Waals surface area (Å²) < 4.78 is 1.56. The number of hydrogen-bond donors (Lipinski definition) is 2. The monoisotopic (exact) mass is 349 g/mol. The maximum Gasteiger partial charge on any atom is 0.251 e. The van der Waals surface area contributed by atoms with Crippen LogP contribution < -0.4 is 10.6 Å². The van der Waals surface area contributed by atoms with Crippen molar-refractivity contribution in [3.8, 4) is 5.82 Å². The molecule has 7 heteroatoms. The highest BCUT2D eigenvalue weighted by molar-refractivity contribution is 6.00. The molecule has 0 radical (unpaired) electrons. The molecular formula is C19H19N5O2. The van der Waals surface area contributed by atoms with Crippen molar-refractivity contribution in [3.63, 3.8) is 0 Å². The molecule has 26 heavy (non-hydrogen) atoms. The molecular weight excluding hydrogens is 330 g/mol. The van der Waals surface area contributed by atoms with Crippen LogP contribution in [0.1, 0.15) is 21.5 Å². The van der Waals surface area contributed by atoms with Gasteiger partial charge >= 0.3 is 0 Å². The molecule has 3 rings (SSSR count). The van der Waals surface area contributed by atoms with Gasteiger partial charge in [-0.05, 0) is 44.2 Å². The molecule has 2 heterocycles. The Bertz CT molecular complexity index is 915. The van der Waals surface area contributed by atoms with E-state index in [0.717, 1.165) is 11.1 Å². The van der Waals surface area contributed by atoms with E-state index in [0.29, 0.717) is 17.1 Å². The van der Waals surface area contributed by atoms with Gasteiger partial charge in [0.2, 0.25) is 5.91 Å². The fourth-order valence-corrected chi connectivity index (χ4v) is 2.63. The number of carbonyl (C=O) groups excluding carboxylic acids is 2. The molecule has 0 saturated heterocycles. The molecule has 3 aromatic rings. The smallest absolute Gasteiger partial charge is 0.251 e. The minimum atomic E-state index is -0.343. The Morgan fingerprint density at radius 1 is 1.08 bits per heavy atom. The van der Waals surface area contributed by atoms with E-state index in [1.807, 2.05) is 19.9 Å². The average Bonchev–Trinajstić information content (AvgIpc) is 3.13. The third kappa shape index (κ3) is 4.13. The molecule has 0 aliphatic rings. The molecule has 2 amide bonds. The van der Waals surface area contributed by atoms with Gasteiger partial charge in [0.05, 0.1) is 12.2 Å². The van der Waals surface area contributed by atoms with Gasteiger partial charge in [-0.2, -0.15) is 5.10 Å². The van der Waals surface area contributed by atoms with Gasteiger partial charge in [0, 0.05) is 24.2 Å². The normalized spacial score (nSPS) is 10.4. The van der Waals surface area contributed by atoms with Crippen LogP contribution in [-0.4, -0.2) is 33.1 Å². The van der Waals surface area contributed by atoms with Crippen LogP contribution in [0, 0.1) is 13.8 Å². The van der Waals surface area contributed by atoms with Crippen LogP contribution in [0.25, 0.3) is 5.82 Å². The summed E-state index contributed by atoms with van der Waals surface area (Å²) >= 11 is 0. The van der Waals surface area contributed by atoms with Crippen LogP contribution in [0.3, 0.4) is 0 Å². The number of hydrogen-bond acceptors (Lipinski definition) is 4. The van der Waals surface area contributed by atoms with Crippen LogP contribution in [0.15, 0.2) is 55.0 Å². The minimum absolute atomic E-state index is 0.140. The zero-order valence-corrected chi connectivity index (χ0v) is 14.6. The molecule has 0 aliphatic carbocycles. The topological polar surface area (TPSA) is 88.9 Å². The van der Waals surface area contributed by atoms with Crippen molar-refractivity contribution in [1.82, 2.24) is 20.1 Å². The van der Waals surface area contributed by atoms with Crippen LogP contribution in [0.2, 0.25) is 0 Å². The summed E-state index contributed by atoms with van der Waals surface area (Å²) in [5.41, 5.74) is 3.05. The molecule has 0 bridgehead atoms. The lowest BCUT2D eigenvalue weighted by atomic mass is 10.1. The van der Waals surface area contributed by atoms with Gasteiger partial charge in [-0.25, -0.2) is 9.67 Å². The minimum Gasteiger partial charge on any atom is -0.343 e. The highest BCUT2D eigenvalue weighted by atomic mass is 16.2. The highest BCUT2D eigenvalue weighted by Crippen LogP contribution is 2.15. The second-order valence-electron chi connectivity index (χ2n) is 5.93. The van der Waals surface area contributed by atoms with E-state index in [-0.39, 0.29) is 18.4 Å². The van der Waals surface area contributed by atoms with Gasteiger partial charge < -0.3 is 10.6 Å². The van der Waals surface area contributed by atoms with E-state index in [2.05, 4.69) is 20.7 Å². The van der Waals surface area contributed by atoms with Crippen molar-refractivity contribution in [3.05, 3.63) is 71.7 Å². The van der Waals surface area contributed by atoms with Crippen molar-refractivity contribution in [2.75, 3.05) is 11.9 Å². The first kappa shape index (κ1) is 17.3. The van der Waals surface area contributed by atoms with Crippen molar-refractivity contribution in [2.24, 2.45) is 0 Å². The largest absolute Gasteiger partial charge is 0.343 e. The lowest BCUT2D eigenvalue weighted by Gasteiger charge is -2.11. The lowest BCUT2D eigenvalue weighted by molar-refractivity contribution is -0.115. The van der Waals surface area contributed by atoms with E-state index < -0.39 is 0 Å². The molecule has 2 aromatic heterocycles. The predicted octanol–water partition coefficient (Wildman–Crippen LogP) is 2.25. The van der Waals surface area contributed by atoms with E-state index in [9.17, 15) is 9.59 Å². The maximum atomic E-state index is 12.2. The fourth-order valence-electron chi connectivity index (χ4n) is 2.63. The first-order valence-electron chi connectivity index (χ1n) is 8.14. The van der Waals surface area contributed by atoms with Crippen molar-refractivity contribution < 1.29 is 9.59 Å². The van der Waals surface area contributed by atoms with Gasteiger partial charge in [-0.15, -0.1) is 0 Å². The number of carbonyl (C=O) groups is 2. The quantitative estimate of drug-likeness (QED) is 0.739. The Balaban J connectivity index is 1.64. The Morgan fingerprint density at radius 3 is 2.54 bits per heavy atom. The number of nitrogens with one attached hydrogen (secondary N) is 2. The molecule has 7 nitrogen and oxygen atoms in total. The molecule has 2 N–H and O–H groups in total. The van der Waals surface area contributed by atoms with E-state index in [1.165, 1.54) is 0 Å². The summed E-state index contributed by atoms with van der Waals surface area (Å²) in [6.07, 6.45) is 4.98. The van der Waals surface area contributed by atoms with Crippen LogP contribution >= 0.6 is 0 Å². The Morgan fingerprint density at radius 2 is 1.85 bits per heavy atom. The number of pyridine rings is 1. The summed E-state index contributed by atoms with van der Waals surface area (Å²) in [6.45, 7) is 3.71. The fraction of sp³-hybridized carbons (Fsp3) is 0.158. The Kier molecular flexibility index (Phi) is 5.07. The van der Waals surface area contributed by atoms with Gasteiger partial charge in [0.15, 0.2) is 5.82 Å². The van der Waals surface area contributed by atoms with Crippen molar-refractivity contribution in [1.29, 1.82) is 0 Å². The Labute approximate surface area is 151 Å². The molecule has 1 aromatic carbocycles. The number of nitrogens with zero attached hydrogens (tertiary/aromatic N) is 3. The number of aromatic nitrogens is 3. The molecule has 0 saturated carbocycles. The summed E-state index contributed by atoms with van der Waals surface area (Å²) in [6, 6.07) is 10.8. The van der Waals surface area contributed by atoms with Gasteiger partial charge in [0.1, 0.15) is 0 Å². The summed E-state index contributed by atoms with van der Waals surface area (Å²) in [5.74, 6) is -0.124. The van der Waals surface area contributed by atoms with Gasteiger partial charge in [-0.1, -0.05) is 17.2 Å². The van der Waals surface area contributed by atoms with Gasteiger partial charge in [0.25, 0.3) is 5.91 Å². The summed E-state index contributed by atoms with van der Waals surface area (Å²) in [7, 11) is 0. The highest BCUT2D eigenvalue weighted by Gasteiger charge is 2.12. The second-order valence-corrected chi connectivity index (χ2v) is 5.93. The number of amides is 2. The molecule has 0 spiro atoms. The van der Waals surface area contributed by atoms with Crippen molar-refractivity contribution >= 4 is 17.5 Å². The number of benzene rings is 1. The van der Waals surface area contributed by atoms with E-state index in [1.54, 1.807) is 53.6 Å². The van der Waals surface area contributed by atoms with Crippen molar-refractivity contribution in [2.45, 2.75) is 13.8 Å². The summed E-state index contributed by atoms with van der Waals surface area (Å²) in [5, 5.41) is 9.50. The first-order valence-corrected chi connectivity index (χ1v) is 8.14. The van der Waals surface area contributed by atoms with Crippen LogP contribution in [-0.2, 0) is 4.79 Å². The average molecular weight is 349 g/mol. The van der Waals surface area contributed by atoms with Crippen LogP contribution in [0.5, 0.6) is 0 Å². The third-order valence-corrected chi connectivity index (χ3v) is 3.68. The lowest BCUT2D eigenvalue weighted by Crippen LogP contribution is -2.33. The van der Waals surface area contributed by atoms with E-state index >= 15 is 0 Å². The molecule has 0 fully saturated rings. The second kappa shape index (κ2) is 7.60. The maximum absolute atomic E-state index is 12.2. The zero-order valence-electron chi connectivity index (χ0n) is 14.6. The standard InChI is InChI=1S/C19H19N5O2/c1-13-9-14(2)11-15(10-13)19(26)21-12-17(25)23-16-5-3-6-20-18(16)24-8-4-7-22-24/h3-11H,12H2,1-2H3,(H,21,26)(H,23,25). The molecule has 0 unspecified atom stereocenters. The third-order valence-electron chi connectivity index (χ3n) is 3.68. The SMILES string of the molecule is Cc1cc(C)cc(C(=O)NCC(=O)Nc2cccnc2-n2cccn2)c1.